The molecule has 0 aliphatic carbocycles. The molecular weight excluding hydrogens is 196 g/mol. The van der Waals surface area contributed by atoms with Gasteiger partial charge in [0.2, 0.25) is 0 Å². The number of hydrogen-bond acceptors (Lipinski definition) is 1. The van der Waals surface area contributed by atoms with Crippen LogP contribution in [-0.2, 0) is 0 Å². The monoisotopic (exact) mass is 226 g/mol. The first-order valence-electron chi connectivity index (χ1n) is 7.12. The van der Waals surface area contributed by atoms with E-state index in [0.29, 0.717) is 0 Å². The Labute approximate surface area is 102 Å². The predicted octanol–water partition coefficient (Wildman–Crippen LogP) is 4.16. The second-order valence-corrected chi connectivity index (χ2v) is 4.42. The molecule has 16 heavy (non-hydrogen) atoms. The lowest BCUT2D eigenvalue weighted by molar-refractivity contribution is 0.700. The van der Waals surface area contributed by atoms with Crippen LogP contribution in [0, 0.1) is 0 Å². The van der Waals surface area contributed by atoms with E-state index in [0.717, 1.165) is 19.5 Å². The molecule has 0 aliphatic rings. The van der Waals surface area contributed by atoms with Crippen molar-refractivity contribution in [3.05, 3.63) is 0 Å². The van der Waals surface area contributed by atoms with Crippen molar-refractivity contribution in [1.82, 2.24) is 5.32 Å². The first-order valence-corrected chi connectivity index (χ1v) is 7.12. The van der Waals surface area contributed by atoms with Crippen LogP contribution in [0.15, 0.2) is 4.99 Å². The summed E-state index contributed by atoms with van der Waals surface area (Å²) in [7, 11) is 0. The second-order valence-electron chi connectivity index (χ2n) is 4.42. The van der Waals surface area contributed by atoms with Crippen LogP contribution in [0.4, 0.5) is 0 Å². The minimum Gasteiger partial charge on any atom is -0.374 e. The molecule has 0 rings (SSSR count). The van der Waals surface area contributed by atoms with E-state index in [1.165, 1.54) is 50.8 Å². The summed E-state index contributed by atoms with van der Waals surface area (Å²) in [6.07, 6.45) is 9.99. The predicted molar refractivity (Wildman–Crippen MR) is 74.3 cm³/mol. The van der Waals surface area contributed by atoms with Gasteiger partial charge >= 0.3 is 0 Å². The fourth-order valence-electron chi connectivity index (χ4n) is 1.55. The molecule has 0 spiro atoms. The summed E-state index contributed by atoms with van der Waals surface area (Å²) in [5.74, 6) is 1.25. The fraction of sp³-hybridized carbons (Fsp3) is 0.929. The minimum absolute atomic E-state index is 0.997. The van der Waals surface area contributed by atoms with E-state index in [-0.39, 0.29) is 0 Å². The van der Waals surface area contributed by atoms with Crippen LogP contribution >= 0.6 is 0 Å². The molecule has 0 aromatic rings. The Morgan fingerprint density at radius 2 is 1.56 bits per heavy atom. The average Bonchev–Trinajstić information content (AvgIpc) is 2.29. The Hall–Kier alpha value is -0.530. The third-order valence-corrected chi connectivity index (χ3v) is 2.69. The third-order valence-electron chi connectivity index (χ3n) is 2.69. The first-order chi connectivity index (χ1) is 7.85. The summed E-state index contributed by atoms with van der Waals surface area (Å²) in [5, 5.41) is 3.49. The van der Waals surface area contributed by atoms with Gasteiger partial charge in [-0.2, -0.15) is 0 Å². The summed E-state index contributed by atoms with van der Waals surface area (Å²) < 4.78 is 0. The number of unbranched alkanes of at least 4 members (excludes halogenated alkanes) is 4. The average molecular weight is 226 g/mol. The van der Waals surface area contributed by atoms with Gasteiger partial charge in [0.15, 0.2) is 0 Å². The van der Waals surface area contributed by atoms with Crippen LogP contribution in [0.1, 0.15) is 72.1 Å². The number of rotatable bonds is 10. The van der Waals surface area contributed by atoms with E-state index < -0.39 is 0 Å². The lowest BCUT2D eigenvalue weighted by Gasteiger charge is -2.09. The maximum Gasteiger partial charge on any atom is 0.0963 e. The van der Waals surface area contributed by atoms with Crippen molar-refractivity contribution in [2.24, 2.45) is 4.99 Å². The SMILES string of the molecule is CCCCCC(=NCCCC)NCCCC. The van der Waals surface area contributed by atoms with Gasteiger partial charge in [0.1, 0.15) is 0 Å². The number of nitrogens with zero attached hydrogens (tertiary/aromatic N) is 1. The number of aliphatic imine (C=N–C) groups is 1. The molecule has 96 valence electrons. The smallest absolute Gasteiger partial charge is 0.0963 e. The minimum atomic E-state index is 0.997. The molecule has 0 aliphatic heterocycles. The summed E-state index contributed by atoms with van der Waals surface area (Å²) in [6.45, 7) is 8.78. The Morgan fingerprint density at radius 1 is 0.875 bits per heavy atom. The molecule has 0 saturated carbocycles. The van der Waals surface area contributed by atoms with Gasteiger partial charge in [-0.3, -0.25) is 4.99 Å². The maximum atomic E-state index is 4.66. The Kier molecular flexibility index (Phi) is 12.1. The molecule has 0 saturated heterocycles. The number of nitrogens with one attached hydrogen (secondary N) is 1. The van der Waals surface area contributed by atoms with Gasteiger partial charge in [0, 0.05) is 19.5 Å². The van der Waals surface area contributed by atoms with E-state index in [1.807, 2.05) is 0 Å². The van der Waals surface area contributed by atoms with Gasteiger partial charge in [0.05, 0.1) is 5.84 Å². The number of hydrogen-bond donors (Lipinski definition) is 1. The standard InChI is InChI=1S/C14H30N2/c1-4-7-10-11-14(15-12-8-5-2)16-13-9-6-3/h4-13H2,1-3H3,(H,15,16). The van der Waals surface area contributed by atoms with E-state index in [1.54, 1.807) is 0 Å². The molecule has 0 aromatic heterocycles. The molecule has 0 atom stereocenters. The van der Waals surface area contributed by atoms with Crippen LogP contribution < -0.4 is 5.32 Å². The highest BCUT2D eigenvalue weighted by molar-refractivity contribution is 5.82. The maximum absolute atomic E-state index is 4.66. The molecule has 2 nitrogen and oxygen atoms in total. The quantitative estimate of drug-likeness (QED) is 0.338. The molecule has 0 aromatic carbocycles. The Balaban J connectivity index is 3.79. The van der Waals surface area contributed by atoms with Gasteiger partial charge in [-0.15, -0.1) is 0 Å². The van der Waals surface area contributed by atoms with E-state index >= 15 is 0 Å². The van der Waals surface area contributed by atoms with Crippen molar-refractivity contribution in [2.45, 2.75) is 72.1 Å². The molecule has 0 amide bonds. The molecule has 0 fully saturated rings. The van der Waals surface area contributed by atoms with E-state index in [4.69, 9.17) is 0 Å². The summed E-state index contributed by atoms with van der Waals surface area (Å²) in [6, 6.07) is 0. The summed E-state index contributed by atoms with van der Waals surface area (Å²) >= 11 is 0. The highest BCUT2D eigenvalue weighted by Gasteiger charge is 1.97. The lowest BCUT2D eigenvalue weighted by Crippen LogP contribution is -2.24. The van der Waals surface area contributed by atoms with Gasteiger partial charge in [-0.05, 0) is 19.3 Å². The Bertz CT molecular complexity index is 152. The topological polar surface area (TPSA) is 24.4 Å². The van der Waals surface area contributed by atoms with Gasteiger partial charge in [-0.1, -0.05) is 46.5 Å². The van der Waals surface area contributed by atoms with Crippen molar-refractivity contribution >= 4 is 5.84 Å². The van der Waals surface area contributed by atoms with Gasteiger partial charge < -0.3 is 5.32 Å². The zero-order valence-electron chi connectivity index (χ0n) is 11.5. The third kappa shape index (κ3) is 10.0. The van der Waals surface area contributed by atoms with Crippen molar-refractivity contribution in [1.29, 1.82) is 0 Å². The van der Waals surface area contributed by atoms with Crippen molar-refractivity contribution in [3.8, 4) is 0 Å². The normalized spacial score (nSPS) is 11.8. The fourth-order valence-corrected chi connectivity index (χ4v) is 1.55. The van der Waals surface area contributed by atoms with E-state index in [2.05, 4.69) is 31.1 Å². The van der Waals surface area contributed by atoms with Gasteiger partial charge in [-0.25, -0.2) is 0 Å². The van der Waals surface area contributed by atoms with Crippen LogP contribution in [-0.4, -0.2) is 18.9 Å². The molecule has 0 unspecified atom stereocenters. The molecule has 0 heterocycles. The largest absolute Gasteiger partial charge is 0.374 e. The number of amidine groups is 1. The molecule has 0 bridgehead atoms. The summed E-state index contributed by atoms with van der Waals surface area (Å²) in [4.78, 5) is 4.66. The zero-order valence-corrected chi connectivity index (χ0v) is 11.5. The molecule has 0 radical (unpaired) electrons. The zero-order chi connectivity index (χ0) is 12.1. The van der Waals surface area contributed by atoms with Crippen molar-refractivity contribution < 1.29 is 0 Å². The summed E-state index contributed by atoms with van der Waals surface area (Å²) in [5.41, 5.74) is 0. The second kappa shape index (κ2) is 12.5. The highest BCUT2D eigenvalue weighted by Crippen LogP contribution is 2.01. The van der Waals surface area contributed by atoms with Crippen LogP contribution in [0.5, 0.6) is 0 Å². The van der Waals surface area contributed by atoms with Crippen molar-refractivity contribution in [3.63, 3.8) is 0 Å². The lowest BCUT2D eigenvalue weighted by atomic mass is 10.2. The van der Waals surface area contributed by atoms with E-state index in [9.17, 15) is 0 Å². The van der Waals surface area contributed by atoms with Gasteiger partial charge in [0.25, 0.3) is 0 Å². The Morgan fingerprint density at radius 3 is 2.19 bits per heavy atom. The molecule has 1 N–H and O–H groups in total. The van der Waals surface area contributed by atoms with Crippen LogP contribution in [0.2, 0.25) is 0 Å². The molecule has 2 heteroatoms. The highest BCUT2D eigenvalue weighted by atomic mass is 15.0. The van der Waals surface area contributed by atoms with Crippen molar-refractivity contribution in [2.75, 3.05) is 13.1 Å². The van der Waals surface area contributed by atoms with Crippen LogP contribution in [0.3, 0.4) is 0 Å². The molecular formula is C14H30N2. The van der Waals surface area contributed by atoms with Crippen LogP contribution in [0.25, 0.3) is 0 Å². The first kappa shape index (κ1) is 15.5.